The molecule has 0 spiro atoms. The summed E-state index contributed by atoms with van der Waals surface area (Å²) >= 11 is 0. The van der Waals surface area contributed by atoms with Gasteiger partial charge in [-0.3, -0.25) is 4.79 Å². The Kier molecular flexibility index (Phi) is 8.20. The molecule has 1 rings (SSSR count). The fraction of sp³-hybridized carbons (Fsp3) is 0.438. The third-order valence-corrected chi connectivity index (χ3v) is 3.26. The zero-order valence-corrected chi connectivity index (χ0v) is 12.8. The lowest BCUT2D eigenvalue weighted by molar-refractivity contribution is -0.140. The van der Waals surface area contributed by atoms with Gasteiger partial charge in [-0.05, 0) is 31.2 Å². The number of carbonyl (C=O) groups excluding carboxylic acids is 1. The number of hydrogen-bond donors (Lipinski definition) is 4. The fourth-order valence-corrected chi connectivity index (χ4v) is 2.06. The van der Waals surface area contributed by atoms with Crippen LogP contribution < -0.4 is 10.6 Å². The number of carboxylic acids is 2. The topological polar surface area (TPSA) is 116 Å². The molecule has 23 heavy (non-hydrogen) atoms. The number of amides is 2. The molecule has 1 unspecified atom stereocenters. The minimum absolute atomic E-state index is 0.0824. The van der Waals surface area contributed by atoms with Gasteiger partial charge in [0.2, 0.25) is 0 Å². The van der Waals surface area contributed by atoms with E-state index in [-0.39, 0.29) is 19.3 Å². The van der Waals surface area contributed by atoms with Crippen molar-refractivity contribution in [2.75, 3.05) is 6.54 Å². The Morgan fingerprint density at radius 3 is 2.35 bits per heavy atom. The lowest BCUT2D eigenvalue weighted by Crippen LogP contribution is -2.46. The SMILES string of the molecule is O=C(O)CCCC(NC(=O)NCCCc1ccccc1)C(=O)O. The second kappa shape index (κ2) is 10.2. The number of urea groups is 1. The molecule has 0 fully saturated rings. The van der Waals surface area contributed by atoms with Gasteiger partial charge in [0.15, 0.2) is 0 Å². The van der Waals surface area contributed by atoms with Gasteiger partial charge in [0.05, 0.1) is 0 Å². The van der Waals surface area contributed by atoms with Gasteiger partial charge < -0.3 is 20.8 Å². The smallest absolute Gasteiger partial charge is 0.326 e. The molecule has 0 aliphatic heterocycles. The van der Waals surface area contributed by atoms with Crippen LogP contribution in [0.3, 0.4) is 0 Å². The molecule has 1 aromatic carbocycles. The van der Waals surface area contributed by atoms with Crippen LogP contribution in [0.4, 0.5) is 4.79 Å². The highest BCUT2D eigenvalue weighted by Gasteiger charge is 2.19. The molecule has 126 valence electrons. The third-order valence-electron chi connectivity index (χ3n) is 3.26. The zero-order valence-electron chi connectivity index (χ0n) is 12.8. The van der Waals surface area contributed by atoms with Gasteiger partial charge in [-0.25, -0.2) is 9.59 Å². The Balaban J connectivity index is 2.24. The number of hydrogen-bond acceptors (Lipinski definition) is 3. The molecule has 1 atom stereocenters. The van der Waals surface area contributed by atoms with Gasteiger partial charge >= 0.3 is 18.0 Å². The summed E-state index contributed by atoms with van der Waals surface area (Å²) in [4.78, 5) is 33.1. The fourth-order valence-electron chi connectivity index (χ4n) is 2.06. The van der Waals surface area contributed by atoms with E-state index in [0.717, 1.165) is 12.8 Å². The van der Waals surface area contributed by atoms with Crippen LogP contribution in [0.2, 0.25) is 0 Å². The van der Waals surface area contributed by atoms with Crippen LogP contribution in [0.15, 0.2) is 30.3 Å². The molecule has 7 heteroatoms. The summed E-state index contributed by atoms with van der Waals surface area (Å²) in [6.45, 7) is 0.433. The van der Waals surface area contributed by atoms with Gasteiger partial charge in [-0.15, -0.1) is 0 Å². The van der Waals surface area contributed by atoms with Gasteiger partial charge in [0, 0.05) is 13.0 Å². The number of aryl methyl sites for hydroxylation is 1. The van der Waals surface area contributed by atoms with Crippen LogP contribution in [0.25, 0.3) is 0 Å². The number of carbonyl (C=O) groups is 3. The molecule has 0 saturated heterocycles. The summed E-state index contributed by atoms with van der Waals surface area (Å²) in [5.41, 5.74) is 1.17. The lowest BCUT2D eigenvalue weighted by atomic mass is 10.1. The molecule has 0 bridgehead atoms. The molecule has 0 aliphatic rings. The molecule has 0 aromatic heterocycles. The van der Waals surface area contributed by atoms with E-state index in [1.54, 1.807) is 0 Å². The van der Waals surface area contributed by atoms with Crippen molar-refractivity contribution in [2.24, 2.45) is 0 Å². The summed E-state index contributed by atoms with van der Waals surface area (Å²) in [6.07, 6.45) is 1.72. The van der Waals surface area contributed by atoms with Crippen LogP contribution in [-0.2, 0) is 16.0 Å². The van der Waals surface area contributed by atoms with Crippen LogP contribution in [0.5, 0.6) is 0 Å². The highest BCUT2D eigenvalue weighted by Crippen LogP contribution is 2.03. The first-order valence-corrected chi connectivity index (χ1v) is 7.52. The predicted octanol–water partition coefficient (Wildman–Crippen LogP) is 1.63. The summed E-state index contributed by atoms with van der Waals surface area (Å²) in [5.74, 6) is -2.16. The van der Waals surface area contributed by atoms with Gasteiger partial charge in [0.1, 0.15) is 6.04 Å². The average molecular weight is 322 g/mol. The molecule has 0 saturated carbocycles. The molecule has 1 aromatic rings. The van der Waals surface area contributed by atoms with Crippen LogP contribution in [-0.4, -0.2) is 40.8 Å². The number of rotatable bonds is 10. The molecule has 7 nitrogen and oxygen atoms in total. The Bertz CT molecular complexity index is 518. The first kappa shape index (κ1) is 18.5. The monoisotopic (exact) mass is 322 g/mol. The maximum atomic E-state index is 11.7. The van der Waals surface area contributed by atoms with Crippen LogP contribution in [0.1, 0.15) is 31.2 Å². The highest BCUT2D eigenvalue weighted by atomic mass is 16.4. The Morgan fingerprint density at radius 1 is 1.04 bits per heavy atom. The third kappa shape index (κ3) is 8.45. The van der Waals surface area contributed by atoms with Crippen molar-refractivity contribution < 1.29 is 24.6 Å². The minimum Gasteiger partial charge on any atom is -0.481 e. The molecule has 0 heterocycles. The van der Waals surface area contributed by atoms with Crippen LogP contribution >= 0.6 is 0 Å². The summed E-state index contributed by atoms with van der Waals surface area (Å²) < 4.78 is 0. The van der Waals surface area contributed by atoms with E-state index in [2.05, 4.69) is 10.6 Å². The maximum Gasteiger partial charge on any atom is 0.326 e. The number of nitrogens with one attached hydrogen (secondary N) is 2. The normalized spacial score (nSPS) is 11.5. The Labute approximate surface area is 134 Å². The zero-order chi connectivity index (χ0) is 17.1. The van der Waals surface area contributed by atoms with Crippen molar-refractivity contribution in [1.82, 2.24) is 10.6 Å². The van der Waals surface area contributed by atoms with Crippen LogP contribution in [0, 0.1) is 0 Å². The van der Waals surface area contributed by atoms with E-state index in [0.29, 0.717) is 6.54 Å². The molecule has 0 aliphatic carbocycles. The number of benzene rings is 1. The summed E-state index contributed by atoms with van der Waals surface area (Å²) in [6, 6.07) is 8.20. The predicted molar refractivity (Wildman–Crippen MR) is 84.2 cm³/mol. The largest absolute Gasteiger partial charge is 0.481 e. The van der Waals surface area contributed by atoms with E-state index in [9.17, 15) is 14.4 Å². The molecular formula is C16H22N2O5. The second-order valence-corrected chi connectivity index (χ2v) is 5.17. The molecular weight excluding hydrogens is 300 g/mol. The molecule has 4 N–H and O–H groups in total. The van der Waals surface area contributed by atoms with Crippen molar-refractivity contribution in [1.29, 1.82) is 0 Å². The first-order valence-electron chi connectivity index (χ1n) is 7.52. The molecule has 2 amide bonds. The van der Waals surface area contributed by atoms with Crippen molar-refractivity contribution in [3.05, 3.63) is 35.9 Å². The van der Waals surface area contributed by atoms with E-state index < -0.39 is 24.0 Å². The quantitative estimate of drug-likeness (QED) is 0.489. The van der Waals surface area contributed by atoms with Crippen molar-refractivity contribution >= 4 is 18.0 Å². The van der Waals surface area contributed by atoms with E-state index in [4.69, 9.17) is 10.2 Å². The maximum absolute atomic E-state index is 11.7. The standard InChI is InChI=1S/C16H22N2O5/c19-14(20)10-4-9-13(15(21)22)18-16(23)17-11-5-8-12-6-2-1-3-7-12/h1-3,6-7,13H,4-5,8-11H2,(H,19,20)(H,21,22)(H2,17,18,23). The van der Waals surface area contributed by atoms with Gasteiger partial charge in [-0.1, -0.05) is 30.3 Å². The minimum atomic E-state index is -1.17. The van der Waals surface area contributed by atoms with Gasteiger partial charge in [-0.2, -0.15) is 0 Å². The van der Waals surface area contributed by atoms with E-state index in [1.165, 1.54) is 5.56 Å². The molecule has 0 radical (unpaired) electrons. The number of carboxylic acid groups (broad SMARTS) is 2. The Morgan fingerprint density at radius 2 is 1.74 bits per heavy atom. The average Bonchev–Trinajstić information content (AvgIpc) is 2.51. The lowest BCUT2D eigenvalue weighted by Gasteiger charge is -2.14. The first-order chi connectivity index (χ1) is 11.0. The van der Waals surface area contributed by atoms with Crippen molar-refractivity contribution in [3.63, 3.8) is 0 Å². The van der Waals surface area contributed by atoms with E-state index >= 15 is 0 Å². The highest BCUT2D eigenvalue weighted by molar-refractivity contribution is 5.82. The number of aliphatic carboxylic acids is 2. The Hall–Kier alpha value is -2.57. The second-order valence-electron chi connectivity index (χ2n) is 5.17. The summed E-state index contributed by atoms with van der Waals surface area (Å²) in [7, 11) is 0. The van der Waals surface area contributed by atoms with Crippen molar-refractivity contribution in [2.45, 2.75) is 38.1 Å². The summed E-state index contributed by atoms with van der Waals surface area (Å²) in [5, 5.41) is 22.5. The van der Waals surface area contributed by atoms with Gasteiger partial charge in [0.25, 0.3) is 0 Å². The van der Waals surface area contributed by atoms with E-state index in [1.807, 2.05) is 30.3 Å². The van der Waals surface area contributed by atoms with Crippen molar-refractivity contribution in [3.8, 4) is 0 Å².